The minimum Gasteiger partial charge on any atom is -0.320 e. The Morgan fingerprint density at radius 2 is 2.08 bits per heavy atom. The molecule has 0 radical (unpaired) electrons. The van der Waals surface area contributed by atoms with Crippen LogP contribution in [0.2, 0.25) is 0 Å². The molecule has 0 rings (SSSR count). The second-order valence-electron chi connectivity index (χ2n) is 2.62. The van der Waals surface area contributed by atoms with E-state index in [0.717, 1.165) is 5.75 Å². The minimum absolute atomic E-state index is 0.496. The average Bonchev–Trinajstić information content (AvgIpc) is 2.11. The predicted octanol–water partition coefficient (Wildman–Crippen LogP) is -0.684. The Bertz CT molecular complexity index is 198. The molecule has 13 heavy (non-hydrogen) atoms. The van der Waals surface area contributed by atoms with Gasteiger partial charge in [-0.2, -0.15) is 11.8 Å². The molecule has 5 nitrogen and oxygen atoms in total. The summed E-state index contributed by atoms with van der Waals surface area (Å²) in [5, 5.41) is 0.561. The first-order valence-electron chi connectivity index (χ1n) is 3.84. The number of thioether (sulfide) groups is 1. The molecule has 0 heterocycles. The van der Waals surface area contributed by atoms with Gasteiger partial charge in [0.2, 0.25) is 5.91 Å². The first-order chi connectivity index (χ1) is 6.00. The van der Waals surface area contributed by atoms with E-state index in [0.29, 0.717) is 11.4 Å². The van der Waals surface area contributed by atoms with E-state index in [-0.39, 0.29) is 0 Å². The Hall–Kier alpha value is -0.590. The molecule has 0 fully saturated rings. The highest BCUT2D eigenvalue weighted by molar-refractivity contribution is 7.98. The molecule has 2 amide bonds. The maximum Gasteiger partial charge on any atom is 0.260 e. The van der Waals surface area contributed by atoms with E-state index >= 15 is 0 Å². The van der Waals surface area contributed by atoms with Crippen LogP contribution in [0.1, 0.15) is 13.3 Å². The van der Waals surface area contributed by atoms with Crippen LogP contribution in [-0.2, 0) is 9.59 Å². The van der Waals surface area contributed by atoms with Crippen LogP contribution >= 0.6 is 11.8 Å². The summed E-state index contributed by atoms with van der Waals surface area (Å²) < 4.78 is 0. The molecule has 0 aromatic rings. The van der Waals surface area contributed by atoms with Crippen molar-refractivity contribution in [2.24, 2.45) is 11.6 Å². The van der Waals surface area contributed by atoms with Gasteiger partial charge >= 0.3 is 0 Å². The predicted molar refractivity (Wildman–Crippen MR) is 52.7 cm³/mol. The van der Waals surface area contributed by atoms with Crippen molar-refractivity contribution in [1.29, 1.82) is 0 Å². The smallest absolute Gasteiger partial charge is 0.260 e. The molecule has 6 heteroatoms. The molecular formula is C7H15N3O2S. The van der Waals surface area contributed by atoms with Crippen LogP contribution in [0.5, 0.6) is 0 Å². The molecule has 0 aliphatic carbocycles. The number of nitrogens with two attached hydrogens (primary N) is 2. The van der Waals surface area contributed by atoms with Gasteiger partial charge < -0.3 is 5.73 Å². The molecule has 0 saturated carbocycles. The monoisotopic (exact) mass is 205 g/mol. The van der Waals surface area contributed by atoms with E-state index in [4.69, 9.17) is 11.6 Å². The van der Waals surface area contributed by atoms with Gasteiger partial charge in [-0.1, -0.05) is 0 Å². The second kappa shape index (κ2) is 5.95. The fourth-order valence-corrected chi connectivity index (χ4v) is 1.19. The summed E-state index contributed by atoms with van der Waals surface area (Å²) in [5.41, 5.74) is 5.51. The van der Waals surface area contributed by atoms with Gasteiger partial charge in [0.1, 0.15) is 0 Å². The topological polar surface area (TPSA) is 89.4 Å². The maximum atomic E-state index is 11.2. The zero-order valence-corrected chi connectivity index (χ0v) is 8.63. The number of carbonyl (C=O) groups excluding carboxylic acids is 2. The van der Waals surface area contributed by atoms with Crippen LogP contribution in [-0.4, -0.2) is 34.9 Å². The minimum atomic E-state index is -0.679. The number of hydrogen-bond acceptors (Lipinski definition) is 5. The largest absolute Gasteiger partial charge is 0.320 e. The molecule has 4 N–H and O–H groups in total. The third-order valence-corrected chi connectivity index (χ3v) is 2.17. The van der Waals surface area contributed by atoms with E-state index in [9.17, 15) is 9.59 Å². The van der Waals surface area contributed by atoms with Crippen LogP contribution in [0, 0.1) is 0 Å². The highest BCUT2D eigenvalue weighted by atomic mass is 32.2. The van der Waals surface area contributed by atoms with Gasteiger partial charge in [0.25, 0.3) is 5.91 Å². The molecular weight excluding hydrogens is 190 g/mol. The van der Waals surface area contributed by atoms with Crippen molar-refractivity contribution < 1.29 is 9.59 Å². The van der Waals surface area contributed by atoms with Gasteiger partial charge in [-0.05, 0) is 18.4 Å². The van der Waals surface area contributed by atoms with E-state index in [2.05, 4.69) is 0 Å². The van der Waals surface area contributed by atoms with Crippen molar-refractivity contribution in [3.8, 4) is 0 Å². The van der Waals surface area contributed by atoms with Crippen LogP contribution < -0.4 is 11.6 Å². The van der Waals surface area contributed by atoms with Crippen LogP contribution in [0.15, 0.2) is 0 Å². The Labute approximate surface area is 81.8 Å². The van der Waals surface area contributed by atoms with Gasteiger partial charge in [-0.3, -0.25) is 9.59 Å². The zero-order chi connectivity index (χ0) is 10.4. The first kappa shape index (κ1) is 12.4. The Kier molecular flexibility index (Phi) is 5.68. The van der Waals surface area contributed by atoms with Gasteiger partial charge in [-0.15, -0.1) is 0 Å². The number of amides is 2. The van der Waals surface area contributed by atoms with Gasteiger partial charge in [0.15, 0.2) is 0 Å². The number of rotatable bonds is 4. The zero-order valence-electron chi connectivity index (χ0n) is 7.82. The molecule has 0 aromatic carbocycles. The van der Waals surface area contributed by atoms with Crippen molar-refractivity contribution in [2.75, 3.05) is 12.0 Å². The lowest BCUT2D eigenvalue weighted by Crippen LogP contribution is -2.49. The van der Waals surface area contributed by atoms with Crippen LogP contribution in [0.4, 0.5) is 0 Å². The Morgan fingerprint density at radius 3 is 2.46 bits per heavy atom. The second-order valence-corrected chi connectivity index (χ2v) is 3.60. The fraction of sp³-hybridized carbons (Fsp3) is 0.714. The lowest BCUT2D eigenvalue weighted by Gasteiger charge is -2.16. The Morgan fingerprint density at radius 1 is 1.54 bits per heavy atom. The summed E-state index contributed by atoms with van der Waals surface area (Å²) >= 11 is 1.59. The summed E-state index contributed by atoms with van der Waals surface area (Å²) in [7, 11) is 0. The molecule has 0 bridgehead atoms. The van der Waals surface area contributed by atoms with E-state index in [1.165, 1.54) is 6.92 Å². The molecule has 0 aromatic heterocycles. The summed E-state index contributed by atoms with van der Waals surface area (Å²) in [6, 6.07) is -0.679. The van der Waals surface area contributed by atoms with Crippen molar-refractivity contribution >= 4 is 23.6 Å². The number of hydrazine groups is 1. The normalized spacial score (nSPS) is 12.3. The maximum absolute atomic E-state index is 11.2. The molecule has 0 aliphatic heterocycles. The lowest BCUT2D eigenvalue weighted by molar-refractivity contribution is -0.144. The summed E-state index contributed by atoms with van der Waals surface area (Å²) in [4.78, 5) is 21.9. The van der Waals surface area contributed by atoms with Crippen molar-refractivity contribution in [3.63, 3.8) is 0 Å². The van der Waals surface area contributed by atoms with E-state index < -0.39 is 17.9 Å². The number of imide groups is 1. The number of hydrogen-bond donors (Lipinski definition) is 2. The van der Waals surface area contributed by atoms with Crippen LogP contribution in [0.25, 0.3) is 0 Å². The number of nitrogens with zero attached hydrogens (tertiary/aromatic N) is 1. The molecule has 0 unspecified atom stereocenters. The summed E-state index contributed by atoms with van der Waals surface area (Å²) in [6.07, 6.45) is 2.45. The van der Waals surface area contributed by atoms with E-state index in [1.807, 2.05) is 6.26 Å². The molecule has 0 saturated heterocycles. The van der Waals surface area contributed by atoms with Crippen molar-refractivity contribution in [1.82, 2.24) is 5.01 Å². The third-order valence-electron chi connectivity index (χ3n) is 1.53. The average molecular weight is 205 g/mol. The van der Waals surface area contributed by atoms with Gasteiger partial charge in [-0.25, -0.2) is 10.9 Å². The Balaban J connectivity index is 4.01. The molecule has 0 aliphatic rings. The highest BCUT2D eigenvalue weighted by Crippen LogP contribution is 2.00. The standard InChI is InChI=1S/C7H15N3O2S/c1-5(11)10(9)7(12)6(8)3-4-13-2/h6H,3-4,8-9H2,1-2H3/t6-/m0/s1. The SMILES string of the molecule is CSCC[C@H](N)C(=O)N(N)C(C)=O. The van der Waals surface area contributed by atoms with Crippen LogP contribution in [0.3, 0.4) is 0 Å². The van der Waals surface area contributed by atoms with Gasteiger partial charge in [0, 0.05) is 6.92 Å². The van der Waals surface area contributed by atoms with Gasteiger partial charge in [0.05, 0.1) is 6.04 Å². The van der Waals surface area contributed by atoms with E-state index in [1.54, 1.807) is 11.8 Å². The first-order valence-corrected chi connectivity index (χ1v) is 5.23. The summed E-state index contributed by atoms with van der Waals surface area (Å²) in [5.74, 6) is 4.93. The molecule has 1 atom stereocenters. The molecule has 0 spiro atoms. The molecule has 76 valence electrons. The number of carbonyl (C=O) groups is 2. The lowest BCUT2D eigenvalue weighted by atomic mass is 10.2. The van der Waals surface area contributed by atoms with Crippen molar-refractivity contribution in [2.45, 2.75) is 19.4 Å². The fourth-order valence-electron chi connectivity index (χ4n) is 0.702. The highest BCUT2D eigenvalue weighted by Gasteiger charge is 2.20. The quantitative estimate of drug-likeness (QED) is 0.360. The third kappa shape index (κ3) is 4.25. The summed E-state index contributed by atoms with van der Waals surface area (Å²) in [6.45, 7) is 1.22. The van der Waals surface area contributed by atoms with Crippen molar-refractivity contribution in [3.05, 3.63) is 0 Å².